The molecule has 20 heavy (non-hydrogen) atoms. The van der Waals surface area contributed by atoms with Gasteiger partial charge in [0, 0.05) is 5.56 Å². The maximum absolute atomic E-state index is 11.1. The highest BCUT2D eigenvalue weighted by Gasteiger charge is 2.43. The first-order valence-electron chi connectivity index (χ1n) is 7.22. The summed E-state index contributed by atoms with van der Waals surface area (Å²) in [7, 11) is 0. The molecule has 1 aromatic carbocycles. The second-order valence-electron chi connectivity index (χ2n) is 6.07. The molecule has 0 bridgehead atoms. The number of carbonyl (C=O) groups is 1. The summed E-state index contributed by atoms with van der Waals surface area (Å²) >= 11 is 0. The molecule has 1 aromatic rings. The molecule has 0 atom stereocenters. The van der Waals surface area contributed by atoms with E-state index in [1.54, 1.807) is 0 Å². The number of rotatable bonds is 1. The molecule has 4 heteroatoms. The second kappa shape index (κ2) is 4.40. The minimum absolute atomic E-state index is 0.0721. The van der Waals surface area contributed by atoms with Crippen LogP contribution in [0.25, 0.3) is 0 Å². The first-order valence-corrected chi connectivity index (χ1v) is 7.22. The maximum atomic E-state index is 11.1. The van der Waals surface area contributed by atoms with Crippen LogP contribution in [0.3, 0.4) is 0 Å². The Bertz CT molecular complexity index is 588. The largest absolute Gasteiger partial charge is 0.487 e. The summed E-state index contributed by atoms with van der Waals surface area (Å²) in [5.74, 6) is 1.60. The van der Waals surface area contributed by atoms with Crippen molar-refractivity contribution in [3.05, 3.63) is 22.3 Å². The number of benzene rings is 1. The molecule has 2 N–H and O–H groups in total. The van der Waals surface area contributed by atoms with Gasteiger partial charge >= 0.3 is 6.09 Å². The van der Waals surface area contributed by atoms with Crippen molar-refractivity contribution in [1.29, 1.82) is 0 Å². The third-order valence-corrected chi connectivity index (χ3v) is 4.93. The Labute approximate surface area is 119 Å². The fourth-order valence-electron chi connectivity index (χ4n) is 3.39. The van der Waals surface area contributed by atoms with Crippen molar-refractivity contribution in [2.75, 3.05) is 0 Å². The molecule has 0 saturated heterocycles. The Kier molecular flexibility index (Phi) is 2.92. The van der Waals surface area contributed by atoms with Crippen LogP contribution in [0.1, 0.15) is 47.9 Å². The van der Waals surface area contributed by atoms with Crippen molar-refractivity contribution in [2.24, 2.45) is 5.73 Å². The molecule has 0 aromatic heterocycles. The third-order valence-electron chi connectivity index (χ3n) is 4.93. The topological polar surface area (TPSA) is 61.5 Å². The van der Waals surface area contributed by atoms with Crippen LogP contribution in [0, 0.1) is 20.8 Å². The van der Waals surface area contributed by atoms with E-state index < -0.39 is 6.09 Å². The van der Waals surface area contributed by atoms with Gasteiger partial charge in [0.1, 0.15) is 17.1 Å². The van der Waals surface area contributed by atoms with Crippen LogP contribution in [-0.2, 0) is 6.42 Å². The number of primary amides is 1. The lowest BCUT2D eigenvalue weighted by Gasteiger charge is -2.46. The number of amides is 1. The maximum Gasteiger partial charge on any atom is 0.409 e. The highest BCUT2D eigenvalue weighted by Crippen LogP contribution is 2.49. The normalized spacial score (nSPS) is 18.9. The summed E-state index contributed by atoms with van der Waals surface area (Å²) in [4.78, 5) is 11.1. The smallest absolute Gasteiger partial charge is 0.409 e. The van der Waals surface area contributed by atoms with Gasteiger partial charge in [-0.25, -0.2) is 4.79 Å². The molecule has 4 nitrogen and oxygen atoms in total. The van der Waals surface area contributed by atoms with Crippen LogP contribution in [0.4, 0.5) is 4.79 Å². The molecule has 0 unspecified atom stereocenters. The molecule has 1 amide bonds. The highest BCUT2D eigenvalue weighted by molar-refractivity contribution is 5.71. The summed E-state index contributed by atoms with van der Waals surface area (Å²) in [6, 6.07) is 0. The Morgan fingerprint density at radius 1 is 1.15 bits per heavy atom. The van der Waals surface area contributed by atoms with E-state index in [9.17, 15) is 4.79 Å². The number of ether oxygens (including phenoxy) is 2. The van der Waals surface area contributed by atoms with E-state index in [2.05, 4.69) is 0 Å². The lowest BCUT2D eigenvalue weighted by atomic mass is 9.73. The average molecular weight is 275 g/mol. The molecule has 1 saturated carbocycles. The Hall–Kier alpha value is -1.71. The van der Waals surface area contributed by atoms with Crippen molar-refractivity contribution in [2.45, 2.75) is 58.5 Å². The number of nitrogens with two attached hydrogens (primary N) is 1. The zero-order valence-electron chi connectivity index (χ0n) is 12.3. The summed E-state index contributed by atoms with van der Waals surface area (Å²) in [5.41, 5.74) is 9.40. The van der Waals surface area contributed by atoms with Crippen molar-refractivity contribution < 1.29 is 14.3 Å². The quantitative estimate of drug-likeness (QED) is 0.855. The van der Waals surface area contributed by atoms with Gasteiger partial charge in [-0.15, -0.1) is 0 Å². The fourth-order valence-corrected chi connectivity index (χ4v) is 3.39. The number of hydrogen-bond donors (Lipinski definition) is 1. The van der Waals surface area contributed by atoms with Gasteiger partial charge in [-0.2, -0.15) is 0 Å². The monoisotopic (exact) mass is 275 g/mol. The first kappa shape index (κ1) is 13.3. The van der Waals surface area contributed by atoms with E-state index in [-0.39, 0.29) is 5.60 Å². The summed E-state index contributed by atoms with van der Waals surface area (Å²) in [6.07, 6.45) is 4.85. The van der Waals surface area contributed by atoms with Gasteiger partial charge in [-0.1, -0.05) is 0 Å². The van der Waals surface area contributed by atoms with Gasteiger partial charge in [-0.05, 0) is 69.6 Å². The number of fused-ring (bicyclic) bond motifs is 1. The molecule has 3 rings (SSSR count). The lowest BCUT2D eigenvalue weighted by Crippen LogP contribution is -2.46. The Morgan fingerprint density at radius 3 is 2.40 bits per heavy atom. The van der Waals surface area contributed by atoms with E-state index in [0.717, 1.165) is 48.1 Å². The van der Waals surface area contributed by atoms with Crippen molar-refractivity contribution in [3.63, 3.8) is 0 Å². The van der Waals surface area contributed by atoms with Crippen LogP contribution in [0.5, 0.6) is 11.5 Å². The Morgan fingerprint density at radius 2 is 1.85 bits per heavy atom. The molecular weight excluding hydrogens is 254 g/mol. The summed E-state index contributed by atoms with van der Waals surface area (Å²) < 4.78 is 11.5. The standard InChI is InChI=1S/C16H21NO3/c1-9-10(2)14-12(11(3)13(9)19-15(17)18)5-8-16(20-14)6-4-7-16/h4-8H2,1-3H3,(H2,17,18). The van der Waals surface area contributed by atoms with Crippen molar-refractivity contribution in [1.82, 2.24) is 0 Å². The molecule has 108 valence electrons. The Balaban J connectivity index is 2.08. The van der Waals surface area contributed by atoms with Gasteiger partial charge in [0.05, 0.1) is 0 Å². The van der Waals surface area contributed by atoms with E-state index >= 15 is 0 Å². The molecule has 0 radical (unpaired) electrons. The van der Waals surface area contributed by atoms with Gasteiger partial charge in [0.2, 0.25) is 0 Å². The van der Waals surface area contributed by atoms with Gasteiger partial charge < -0.3 is 15.2 Å². The first-order chi connectivity index (χ1) is 9.43. The van der Waals surface area contributed by atoms with Gasteiger partial charge in [0.25, 0.3) is 0 Å². The summed E-state index contributed by atoms with van der Waals surface area (Å²) in [6.45, 7) is 5.96. The summed E-state index contributed by atoms with van der Waals surface area (Å²) in [5, 5.41) is 0. The minimum Gasteiger partial charge on any atom is -0.487 e. The molecule has 2 aliphatic rings. The van der Waals surface area contributed by atoms with Crippen LogP contribution in [-0.4, -0.2) is 11.7 Å². The van der Waals surface area contributed by atoms with Crippen LogP contribution in [0.15, 0.2) is 0 Å². The van der Waals surface area contributed by atoms with Crippen molar-refractivity contribution in [3.8, 4) is 11.5 Å². The van der Waals surface area contributed by atoms with Gasteiger partial charge in [0.15, 0.2) is 0 Å². The average Bonchev–Trinajstić information content (AvgIpc) is 2.38. The lowest BCUT2D eigenvalue weighted by molar-refractivity contribution is -0.0258. The fraction of sp³-hybridized carbons (Fsp3) is 0.562. The van der Waals surface area contributed by atoms with Crippen LogP contribution < -0.4 is 15.2 Å². The molecule has 1 fully saturated rings. The third kappa shape index (κ3) is 1.86. The zero-order chi connectivity index (χ0) is 14.5. The van der Waals surface area contributed by atoms with Crippen LogP contribution >= 0.6 is 0 Å². The molecule has 1 aliphatic carbocycles. The minimum atomic E-state index is -0.761. The van der Waals surface area contributed by atoms with E-state index in [1.165, 1.54) is 12.0 Å². The van der Waals surface area contributed by atoms with Crippen molar-refractivity contribution >= 4 is 6.09 Å². The van der Waals surface area contributed by atoms with E-state index in [0.29, 0.717) is 5.75 Å². The second-order valence-corrected chi connectivity index (χ2v) is 6.07. The van der Waals surface area contributed by atoms with Gasteiger partial charge in [-0.3, -0.25) is 0 Å². The highest BCUT2D eigenvalue weighted by atomic mass is 16.5. The molecular formula is C16H21NO3. The molecule has 1 heterocycles. The predicted molar refractivity (Wildman–Crippen MR) is 76.4 cm³/mol. The molecule has 1 aliphatic heterocycles. The number of hydrogen-bond acceptors (Lipinski definition) is 3. The predicted octanol–water partition coefficient (Wildman–Crippen LogP) is 3.32. The molecule has 1 spiro atoms. The van der Waals surface area contributed by atoms with Crippen LogP contribution in [0.2, 0.25) is 0 Å². The number of carbonyl (C=O) groups excluding carboxylic acids is 1. The van der Waals surface area contributed by atoms with E-state index in [4.69, 9.17) is 15.2 Å². The zero-order valence-corrected chi connectivity index (χ0v) is 12.3. The van der Waals surface area contributed by atoms with E-state index in [1.807, 2.05) is 20.8 Å². The SMILES string of the molecule is Cc1c(C)c2c(c(C)c1OC(N)=O)CCC1(CCC1)O2.